The van der Waals surface area contributed by atoms with E-state index >= 15 is 0 Å². The van der Waals surface area contributed by atoms with E-state index in [4.69, 9.17) is 27.6 Å². The molecule has 1 atom stereocenters. The Labute approximate surface area is 208 Å². The topological polar surface area (TPSA) is 71.3 Å². The number of pyridine rings is 1. The molecule has 4 aromatic rings. The zero-order valence-electron chi connectivity index (χ0n) is 18.6. The lowest BCUT2D eigenvalue weighted by atomic mass is 10.1. The number of aromatic nitrogens is 2. The van der Waals surface area contributed by atoms with Crippen LogP contribution < -0.4 is 5.32 Å². The van der Waals surface area contributed by atoms with Gasteiger partial charge in [-0.1, -0.05) is 65.7 Å². The first kappa shape index (κ1) is 24.0. The minimum Gasteiger partial charge on any atom is -0.447 e. The first-order valence-corrected chi connectivity index (χ1v) is 11.6. The van der Waals surface area contributed by atoms with E-state index in [9.17, 15) is 4.79 Å². The molecule has 4 rings (SSSR count). The molecule has 0 radical (unpaired) electrons. The summed E-state index contributed by atoms with van der Waals surface area (Å²) < 4.78 is 5.66. The van der Waals surface area contributed by atoms with E-state index in [-0.39, 0.29) is 17.6 Å². The number of carbonyl (C=O) groups excluding carboxylic acids is 1. The monoisotopic (exact) mass is 494 g/mol. The summed E-state index contributed by atoms with van der Waals surface area (Å²) in [7, 11) is 0. The molecule has 1 N–H and O–H groups in total. The number of nitrogens with one attached hydrogen (secondary N) is 1. The molecule has 6 nitrogen and oxygen atoms in total. The molecule has 0 fully saturated rings. The van der Waals surface area contributed by atoms with Gasteiger partial charge in [-0.2, -0.15) is 0 Å². The zero-order chi connectivity index (χ0) is 23.9. The van der Waals surface area contributed by atoms with Crippen LogP contribution in [-0.2, 0) is 19.6 Å². The SMILES string of the molecule is C[C@@H](c1ccccc1)N(Cc1nc(C(=O)NCc2cccnc2)co1)Cc1ccc(Cl)cc1Cl. The third-order valence-corrected chi connectivity index (χ3v) is 6.10. The van der Waals surface area contributed by atoms with Gasteiger partial charge in [0, 0.05) is 41.6 Å². The lowest BCUT2D eigenvalue weighted by molar-refractivity contribution is 0.0945. The number of amides is 1. The van der Waals surface area contributed by atoms with Crippen LogP contribution in [0.25, 0.3) is 0 Å². The highest BCUT2D eigenvalue weighted by Crippen LogP contribution is 2.28. The van der Waals surface area contributed by atoms with Gasteiger partial charge in [0.1, 0.15) is 6.26 Å². The summed E-state index contributed by atoms with van der Waals surface area (Å²) in [5, 5.41) is 4.02. The molecule has 174 valence electrons. The minimum absolute atomic E-state index is 0.0442. The highest BCUT2D eigenvalue weighted by Gasteiger charge is 2.21. The van der Waals surface area contributed by atoms with Gasteiger partial charge in [0.2, 0.25) is 5.89 Å². The van der Waals surface area contributed by atoms with E-state index in [0.29, 0.717) is 35.6 Å². The largest absolute Gasteiger partial charge is 0.447 e. The fourth-order valence-corrected chi connectivity index (χ4v) is 4.05. The third-order valence-electron chi connectivity index (χ3n) is 5.52. The maximum Gasteiger partial charge on any atom is 0.273 e. The molecule has 0 saturated carbocycles. The van der Waals surface area contributed by atoms with Crippen LogP contribution in [0.3, 0.4) is 0 Å². The van der Waals surface area contributed by atoms with Gasteiger partial charge in [-0.05, 0) is 41.8 Å². The molecule has 0 aliphatic carbocycles. The Hall–Kier alpha value is -3.19. The standard InChI is InChI=1S/C26H24Cl2N4O2/c1-18(20-7-3-2-4-8-20)32(15-21-9-10-22(27)12-23(21)28)16-25-31-24(17-34-25)26(33)30-14-19-6-5-11-29-13-19/h2-13,17-18H,14-16H2,1H3,(H,30,33)/t18-/m0/s1. The van der Waals surface area contributed by atoms with Crippen molar-refractivity contribution in [3.05, 3.63) is 118 Å². The number of benzene rings is 2. The Morgan fingerprint density at radius 2 is 1.91 bits per heavy atom. The van der Waals surface area contributed by atoms with Crippen molar-refractivity contribution in [3.8, 4) is 0 Å². The van der Waals surface area contributed by atoms with Crippen molar-refractivity contribution in [2.45, 2.75) is 32.6 Å². The van der Waals surface area contributed by atoms with Gasteiger partial charge >= 0.3 is 0 Å². The molecule has 8 heteroatoms. The van der Waals surface area contributed by atoms with Crippen molar-refractivity contribution < 1.29 is 9.21 Å². The number of halogens is 2. The summed E-state index contributed by atoms with van der Waals surface area (Å²) in [6.45, 7) is 3.42. The average Bonchev–Trinajstić information content (AvgIpc) is 3.33. The predicted molar refractivity (Wildman–Crippen MR) is 132 cm³/mol. The fourth-order valence-electron chi connectivity index (χ4n) is 3.58. The van der Waals surface area contributed by atoms with Gasteiger partial charge in [-0.25, -0.2) is 4.98 Å². The smallest absolute Gasteiger partial charge is 0.273 e. The maximum atomic E-state index is 12.5. The van der Waals surface area contributed by atoms with Crippen LogP contribution in [0.5, 0.6) is 0 Å². The van der Waals surface area contributed by atoms with Gasteiger partial charge in [0.25, 0.3) is 5.91 Å². The van der Waals surface area contributed by atoms with Crippen molar-refractivity contribution in [1.29, 1.82) is 0 Å². The summed E-state index contributed by atoms with van der Waals surface area (Å²) in [5.41, 5.74) is 3.22. The van der Waals surface area contributed by atoms with E-state index in [1.807, 2.05) is 42.5 Å². The normalized spacial score (nSPS) is 12.0. The Balaban J connectivity index is 1.49. The number of rotatable bonds is 9. The second-order valence-corrected chi connectivity index (χ2v) is 8.74. The van der Waals surface area contributed by atoms with Gasteiger partial charge in [-0.3, -0.25) is 14.7 Å². The molecule has 2 aromatic carbocycles. The second-order valence-electron chi connectivity index (χ2n) is 7.90. The summed E-state index contributed by atoms with van der Waals surface area (Å²) in [4.78, 5) is 23.2. The maximum absolute atomic E-state index is 12.5. The van der Waals surface area contributed by atoms with E-state index < -0.39 is 0 Å². The van der Waals surface area contributed by atoms with Crippen molar-refractivity contribution >= 4 is 29.1 Å². The fraction of sp³-hybridized carbons (Fsp3) is 0.192. The summed E-state index contributed by atoms with van der Waals surface area (Å²) in [5.74, 6) is 0.140. The van der Waals surface area contributed by atoms with Crippen LogP contribution in [0, 0.1) is 0 Å². The highest BCUT2D eigenvalue weighted by atomic mass is 35.5. The average molecular weight is 495 g/mol. The Morgan fingerprint density at radius 1 is 1.09 bits per heavy atom. The van der Waals surface area contributed by atoms with Gasteiger partial charge in [0.05, 0.1) is 6.54 Å². The number of nitrogens with zero attached hydrogens (tertiary/aromatic N) is 3. The molecule has 2 heterocycles. The molecule has 1 amide bonds. The predicted octanol–water partition coefficient (Wildman–Crippen LogP) is 6.07. The van der Waals surface area contributed by atoms with Gasteiger partial charge < -0.3 is 9.73 Å². The lowest BCUT2D eigenvalue weighted by Crippen LogP contribution is -2.27. The number of hydrogen-bond donors (Lipinski definition) is 1. The summed E-state index contributed by atoms with van der Waals surface area (Å²) >= 11 is 12.5. The zero-order valence-corrected chi connectivity index (χ0v) is 20.1. The van der Waals surface area contributed by atoms with Gasteiger partial charge in [-0.15, -0.1) is 0 Å². The van der Waals surface area contributed by atoms with E-state index in [1.54, 1.807) is 18.5 Å². The molecule has 34 heavy (non-hydrogen) atoms. The third kappa shape index (κ3) is 6.23. The summed E-state index contributed by atoms with van der Waals surface area (Å²) in [6.07, 6.45) is 4.78. The Bertz CT molecular complexity index is 1230. The molecular weight excluding hydrogens is 471 g/mol. The molecule has 2 aromatic heterocycles. The van der Waals surface area contributed by atoms with Crippen LogP contribution in [0.15, 0.2) is 83.7 Å². The van der Waals surface area contributed by atoms with Crippen LogP contribution in [0.2, 0.25) is 10.0 Å². The van der Waals surface area contributed by atoms with E-state index in [2.05, 4.69) is 39.2 Å². The minimum atomic E-state index is -0.303. The highest BCUT2D eigenvalue weighted by molar-refractivity contribution is 6.35. The van der Waals surface area contributed by atoms with E-state index in [0.717, 1.165) is 16.7 Å². The van der Waals surface area contributed by atoms with Gasteiger partial charge in [0.15, 0.2) is 5.69 Å². The molecule has 0 unspecified atom stereocenters. The van der Waals surface area contributed by atoms with Crippen LogP contribution >= 0.6 is 23.2 Å². The lowest BCUT2D eigenvalue weighted by Gasteiger charge is -2.28. The first-order valence-electron chi connectivity index (χ1n) is 10.8. The number of carbonyl (C=O) groups is 1. The van der Waals surface area contributed by atoms with Crippen molar-refractivity contribution in [1.82, 2.24) is 20.2 Å². The second kappa shape index (κ2) is 11.3. The Morgan fingerprint density at radius 3 is 2.65 bits per heavy atom. The summed E-state index contributed by atoms with van der Waals surface area (Å²) in [6, 6.07) is 19.4. The molecule has 0 saturated heterocycles. The Kier molecular flexibility index (Phi) is 7.95. The number of oxazole rings is 1. The van der Waals surface area contributed by atoms with Crippen LogP contribution in [-0.4, -0.2) is 20.8 Å². The van der Waals surface area contributed by atoms with Crippen molar-refractivity contribution in [2.75, 3.05) is 0 Å². The number of hydrogen-bond acceptors (Lipinski definition) is 5. The van der Waals surface area contributed by atoms with Crippen molar-refractivity contribution in [2.24, 2.45) is 0 Å². The van der Waals surface area contributed by atoms with Crippen LogP contribution in [0.1, 0.15) is 46.0 Å². The quantitative estimate of drug-likeness (QED) is 0.305. The first-order chi connectivity index (χ1) is 16.5. The molecule has 0 aliphatic heterocycles. The molecule has 0 spiro atoms. The van der Waals surface area contributed by atoms with E-state index in [1.165, 1.54) is 6.26 Å². The molecule has 0 aliphatic rings. The van der Waals surface area contributed by atoms with Crippen LogP contribution in [0.4, 0.5) is 0 Å². The molecular formula is C26H24Cl2N4O2. The molecule has 0 bridgehead atoms. The van der Waals surface area contributed by atoms with Crippen molar-refractivity contribution in [3.63, 3.8) is 0 Å².